The molecule has 0 amide bonds. The Labute approximate surface area is 218 Å². The van der Waals surface area contributed by atoms with E-state index >= 15 is 0 Å². The van der Waals surface area contributed by atoms with Crippen molar-refractivity contribution in [2.75, 3.05) is 19.8 Å². The standard InChI is InChI=1S/C21H23FO7.K.H/c22-16-9-11-18(12-10-16)29-13-17(23)7-5-3-1-2-4-6-8-19(24)20(25)14-28-15-21(26)27;;/h2,4-12,17,19-20,23-25H,13-15H2,(H,26,27);;/q;+1;-1/t17-,19+,20-;;/m1../s1. The van der Waals surface area contributed by atoms with Crippen LogP contribution in [0.3, 0.4) is 0 Å². The molecule has 1 aromatic carbocycles. The van der Waals surface area contributed by atoms with Crippen LogP contribution in [0.25, 0.3) is 0 Å². The van der Waals surface area contributed by atoms with Crippen LogP contribution in [0.15, 0.2) is 60.7 Å². The molecular weight excluding hydrogens is 422 g/mol. The Bertz CT molecular complexity index is 772. The molecule has 0 unspecified atom stereocenters. The van der Waals surface area contributed by atoms with Crippen LogP contribution in [-0.4, -0.2) is 64.5 Å². The molecule has 0 aromatic heterocycles. The van der Waals surface area contributed by atoms with Gasteiger partial charge in [0.15, 0.2) is 0 Å². The normalized spacial score (nSPS) is 14.1. The van der Waals surface area contributed by atoms with Crippen molar-refractivity contribution in [1.82, 2.24) is 0 Å². The maximum atomic E-state index is 12.8. The molecule has 0 saturated carbocycles. The zero-order chi connectivity index (χ0) is 21.5. The Hall–Kier alpha value is -1.32. The molecule has 9 heteroatoms. The van der Waals surface area contributed by atoms with Gasteiger partial charge in [-0.2, -0.15) is 0 Å². The number of hydrogen-bond donors (Lipinski definition) is 4. The van der Waals surface area contributed by atoms with E-state index in [4.69, 9.17) is 9.84 Å². The van der Waals surface area contributed by atoms with Crippen LogP contribution in [0.5, 0.6) is 5.75 Å². The molecule has 0 spiro atoms. The number of aliphatic hydroxyl groups is 3. The van der Waals surface area contributed by atoms with Crippen molar-refractivity contribution < 1.29 is 91.9 Å². The summed E-state index contributed by atoms with van der Waals surface area (Å²) in [6.45, 7) is -0.859. The van der Waals surface area contributed by atoms with E-state index in [-0.39, 0.29) is 71.8 Å². The molecule has 1 aromatic rings. The molecule has 0 aliphatic carbocycles. The first-order valence-corrected chi connectivity index (χ1v) is 8.61. The molecule has 3 atom stereocenters. The number of ether oxygens (including phenoxy) is 2. The maximum Gasteiger partial charge on any atom is 1.00 e. The monoisotopic (exact) mass is 446 g/mol. The third-order valence-corrected chi connectivity index (χ3v) is 3.23. The van der Waals surface area contributed by atoms with Gasteiger partial charge in [0.05, 0.1) is 6.61 Å². The van der Waals surface area contributed by atoms with E-state index in [1.54, 1.807) is 0 Å². The first-order valence-electron chi connectivity index (χ1n) is 8.61. The summed E-state index contributed by atoms with van der Waals surface area (Å²) in [4.78, 5) is 10.3. The van der Waals surface area contributed by atoms with Crippen LogP contribution in [0, 0.1) is 17.7 Å². The quantitative estimate of drug-likeness (QED) is 0.180. The third-order valence-electron chi connectivity index (χ3n) is 3.23. The fraction of sp³-hybridized carbons (Fsp3) is 0.286. The topological polar surface area (TPSA) is 116 Å². The number of carbonyl (C=O) groups is 1. The van der Waals surface area contributed by atoms with Crippen LogP contribution in [0.1, 0.15) is 1.43 Å². The summed E-state index contributed by atoms with van der Waals surface area (Å²) < 4.78 is 22.7. The molecule has 30 heavy (non-hydrogen) atoms. The number of benzene rings is 1. The van der Waals surface area contributed by atoms with E-state index in [2.05, 4.69) is 16.6 Å². The summed E-state index contributed by atoms with van der Waals surface area (Å²) in [6, 6.07) is 5.44. The molecule has 4 N–H and O–H groups in total. The second-order valence-corrected chi connectivity index (χ2v) is 5.69. The Kier molecular flexibility index (Phi) is 16.6. The second kappa shape index (κ2) is 17.4. The van der Waals surface area contributed by atoms with Crippen LogP contribution in [0.4, 0.5) is 4.39 Å². The molecule has 0 fully saturated rings. The maximum absolute atomic E-state index is 12.8. The van der Waals surface area contributed by atoms with Gasteiger partial charge < -0.3 is 31.3 Å². The summed E-state index contributed by atoms with van der Waals surface area (Å²) in [6.07, 6.45) is 5.35. The molecule has 0 heterocycles. The first-order chi connectivity index (χ1) is 13.9. The van der Waals surface area contributed by atoms with Crippen molar-refractivity contribution >= 4 is 5.97 Å². The van der Waals surface area contributed by atoms with Crippen LogP contribution in [-0.2, 0) is 9.53 Å². The van der Waals surface area contributed by atoms with E-state index in [9.17, 15) is 24.5 Å². The zero-order valence-corrected chi connectivity index (χ0v) is 19.6. The molecule has 0 radical (unpaired) electrons. The Morgan fingerprint density at radius 1 is 1.07 bits per heavy atom. The molecule has 0 aliphatic heterocycles. The molecule has 0 saturated heterocycles. The number of hydrogen-bond acceptors (Lipinski definition) is 6. The Morgan fingerprint density at radius 3 is 2.40 bits per heavy atom. The largest absolute Gasteiger partial charge is 1.00 e. The second-order valence-electron chi connectivity index (χ2n) is 5.69. The van der Waals surface area contributed by atoms with Gasteiger partial charge in [-0.15, -0.1) is 0 Å². The smallest absolute Gasteiger partial charge is 1.00 e. The molecule has 7 nitrogen and oxygen atoms in total. The van der Waals surface area contributed by atoms with E-state index < -0.39 is 30.9 Å². The fourth-order valence-corrected chi connectivity index (χ4v) is 1.80. The van der Waals surface area contributed by atoms with Crippen molar-refractivity contribution in [2.45, 2.75) is 18.3 Å². The van der Waals surface area contributed by atoms with E-state index in [1.165, 1.54) is 60.7 Å². The average molecular weight is 447 g/mol. The first kappa shape index (κ1) is 28.7. The predicted molar refractivity (Wildman–Crippen MR) is 105 cm³/mol. The van der Waals surface area contributed by atoms with Gasteiger partial charge in [-0.05, 0) is 42.5 Å². The summed E-state index contributed by atoms with van der Waals surface area (Å²) in [5.74, 6) is 4.26. The molecular formula is C21H24FKO7. The van der Waals surface area contributed by atoms with E-state index in [0.29, 0.717) is 5.75 Å². The number of halogens is 1. The van der Waals surface area contributed by atoms with E-state index in [0.717, 1.165) is 0 Å². The van der Waals surface area contributed by atoms with Gasteiger partial charge in [-0.1, -0.05) is 30.1 Å². The Morgan fingerprint density at radius 2 is 1.73 bits per heavy atom. The van der Waals surface area contributed by atoms with Crippen LogP contribution in [0.2, 0.25) is 0 Å². The fourth-order valence-electron chi connectivity index (χ4n) is 1.80. The van der Waals surface area contributed by atoms with E-state index in [1.807, 2.05) is 0 Å². The number of aliphatic carboxylic acids is 1. The average Bonchev–Trinajstić information content (AvgIpc) is 2.69. The zero-order valence-electron chi connectivity index (χ0n) is 17.5. The van der Waals surface area contributed by atoms with Crippen molar-refractivity contribution in [3.05, 3.63) is 66.5 Å². The van der Waals surface area contributed by atoms with Gasteiger partial charge in [-0.3, -0.25) is 0 Å². The van der Waals surface area contributed by atoms with Crippen molar-refractivity contribution in [3.8, 4) is 17.6 Å². The van der Waals surface area contributed by atoms with Gasteiger partial charge in [0, 0.05) is 0 Å². The summed E-state index contributed by atoms with van der Waals surface area (Å²) >= 11 is 0. The number of carboxylic acid groups (broad SMARTS) is 1. The molecule has 1 rings (SSSR count). The SMILES string of the molecule is O=C(O)COC[C@@H](O)[C@@H](O)C=CC=CC#CC=C[C@@H](O)COc1ccc(F)cc1.[H-].[K+]. The number of aliphatic hydroxyl groups excluding tert-OH is 3. The van der Waals surface area contributed by atoms with Crippen molar-refractivity contribution in [3.63, 3.8) is 0 Å². The van der Waals surface area contributed by atoms with Crippen LogP contribution >= 0.6 is 0 Å². The third kappa shape index (κ3) is 14.6. The molecule has 0 bridgehead atoms. The van der Waals surface area contributed by atoms with Crippen molar-refractivity contribution in [2.24, 2.45) is 0 Å². The Balaban J connectivity index is 0. The van der Waals surface area contributed by atoms with Gasteiger partial charge in [0.2, 0.25) is 0 Å². The van der Waals surface area contributed by atoms with Gasteiger partial charge in [0.25, 0.3) is 0 Å². The summed E-state index contributed by atoms with van der Waals surface area (Å²) in [7, 11) is 0. The van der Waals surface area contributed by atoms with Gasteiger partial charge in [0.1, 0.15) is 43.1 Å². The minimum Gasteiger partial charge on any atom is -1.00 e. The molecule has 0 aliphatic rings. The summed E-state index contributed by atoms with van der Waals surface area (Å²) in [5, 5.41) is 37.3. The number of rotatable bonds is 11. The number of allylic oxidation sites excluding steroid dienone is 4. The van der Waals surface area contributed by atoms with Crippen molar-refractivity contribution in [1.29, 1.82) is 0 Å². The number of carboxylic acids is 1. The van der Waals surface area contributed by atoms with Gasteiger partial charge in [-0.25, -0.2) is 9.18 Å². The van der Waals surface area contributed by atoms with Gasteiger partial charge >= 0.3 is 57.4 Å². The molecule has 158 valence electrons. The minimum atomic E-state index is -1.24. The summed E-state index contributed by atoms with van der Waals surface area (Å²) in [5.41, 5.74) is 0. The minimum absolute atomic E-state index is 0. The van der Waals surface area contributed by atoms with Crippen LogP contribution < -0.4 is 56.1 Å². The predicted octanol–water partition coefficient (Wildman–Crippen LogP) is -1.82.